The SMILES string of the molecule is CSc1ccc(S(=O)(=O)Nc2cc(C)c(OCC(=O)N3CCOCC3)c(C)c2)cc1. The number of morpholine rings is 1. The zero-order valence-corrected chi connectivity index (χ0v) is 18.9. The molecule has 2 aromatic rings. The number of rotatable bonds is 7. The number of amides is 1. The van der Waals surface area contributed by atoms with Crippen LogP contribution >= 0.6 is 11.8 Å². The molecule has 0 aliphatic carbocycles. The zero-order valence-electron chi connectivity index (χ0n) is 17.3. The Hall–Kier alpha value is -2.23. The minimum absolute atomic E-state index is 0.0610. The summed E-state index contributed by atoms with van der Waals surface area (Å²) < 4.78 is 39.0. The molecule has 1 N–H and O–H groups in total. The topological polar surface area (TPSA) is 84.9 Å². The monoisotopic (exact) mass is 450 g/mol. The Morgan fingerprint density at radius 1 is 1.13 bits per heavy atom. The normalized spacial score (nSPS) is 14.4. The second kappa shape index (κ2) is 9.72. The number of nitrogens with zero attached hydrogens (tertiary/aromatic N) is 1. The van der Waals surface area contributed by atoms with E-state index in [0.29, 0.717) is 37.7 Å². The van der Waals surface area contributed by atoms with Crippen LogP contribution in [0.4, 0.5) is 5.69 Å². The number of aryl methyl sites for hydroxylation is 2. The van der Waals surface area contributed by atoms with Crippen molar-refractivity contribution in [3.63, 3.8) is 0 Å². The number of carbonyl (C=O) groups excluding carboxylic acids is 1. The van der Waals surface area contributed by atoms with Gasteiger partial charge < -0.3 is 14.4 Å². The van der Waals surface area contributed by atoms with E-state index in [1.54, 1.807) is 53.1 Å². The van der Waals surface area contributed by atoms with Gasteiger partial charge in [0.25, 0.3) is 15.9 Å². The van der Waals surface area contributed by atoms with Gasteiger partial charge in [0.2, 0.25) is 0 Å². The van der Waals surface area contributed by atoms with Gasteiger partial charge >= 0.3 is 0 Å². The van der Waals surface area contributed by atoms with Crippen molar-refractivity contribution >= 4 is 33.4 Å². The molecule has 0 bridgehead atoms. The maximum atomic E-state index is 12.7. The Morgan fingerprint density at radius 2 is 1.73 bits per heavy atom. The number of hydrogen-bond acceptors (Lipinski definition) is 6. The van der Waals surface area contributed by atoms with Crippen LogP contribution in [0.15, 0.2) is 46.2 Å². The summed E-state index contributed by atoms with van der Waals surface area (Å²) in [6.45, 7) is 5.81. The average Bonchev–Trinajstić information content (AvgIpc) is 2.73. The molecular formula is C21H26N2O5S2. The van der Waals surface area contributed by atoms with Crippen molar-refractivity contribution < 1.29 is 22.7 Å². The highest BCUT2D eigenvalue weighted by molar-refractivity contribution is 7.98. The molecule has 0 aromatic heterocycles. The number of carbonyl (C=O) groups is 1. The molecular weight excluding hydrogens is 424 g/mol. The lowest BCUT2D eigenvalue weighted by molar-refractivity contribution is -0.137. The second-order valence-electron chi connectivity index (χ2n) is 7.00. The number of benzene rings is 2. The van der Waals surface area contributed by atoms with Gasteiger partial charge in [-0.2, -0.15) is 0 Å². The third-order valence-electron chi connectivity index (χ3n) is 4.79. The van der Waals surface area contributed by atoms with Crippen molar-refractivity contribution in [3.8, 4) is 5.75 Å². The van der Waals surface area contributed by atoms with Gasteiger partial charge in [0.05, 0.1) is 18.1 Å². The molecule has 1 heterocycles. The van der Waals surface area contributed by atoms with Crippen LogP contribution in [0, 0.1) is 13.8 Å². The van der Waals surface area contributed by atoms with E-state index >= 15 is 0 Å². The Kier molecular flexibility index (Phi) is 7.27. The number of thioether (sulfide) groups is 1. The number of sulfonamides is 1. The Labute approximate surface area is 181 Å². The van der Waals surface area contributed by atoms with Crippen molar-refractivity contribution in [2.75, 3.05) is 43.9 Å². The van der Waals surface area contributed by atoms with Gasteiger partial charge in [-0.05, 0) is 67.6 Å². The second-order valence-corrected chi connectivity index (χ2v) is 9.56. The summed E-state index contributed by atoms with van der Waals surface area (Å²) in [4.78, 5) is 15.2. The van der Waals surface area contributed by atoms with Crippen LogP contribution in [0.5, 0.6) is 5.75 Å². The fourth-order valence-electron chi connectivity index (χ4n) is 3.24. The lowest BCUT2D eigenvalue weighted by atomic mass is 10.1. The molecule has 0 saturated carbocycles. The van der Waals surface area contributed by atoms with E-state index in [2.05, 4.69) is 4.72 Å². The van der Waals surface area contributed by atoms with Crippen LogP contribution in [0.1, 0.15) is 11.1 Å². The molecule has 7 nitrogen and oxygen atoms in total. The third-order valence-corrected chi connectivity index (χ3v) is 6.93. The fourth-order valence-corrected chi connectivity index (χ4v) is 4.69. The van der Waals surface area contributed by atoms with E-state index in [1.807, 2.05) is 20.1 Å². The molecule has 1 aliphatic heterocycles. The van der Waals surface area contributed by atoms with Crippen molar-refractivity contribution in [3.05, 3.63) is 47.5 Å². The summed E-state index contributed by atoms with van der Waals surface area (Å²) in [5.74, 6) is 0.499. The van der Waals surface area contributed by atoms with Gasteiger partial charge in [0, 0.05) is 23.7 Å². The van der Waals surface area contributed by atoms with E-state index in [4.69, 9.17) is 9.47 Å². The molecule has 0 atom stereocenters. The fraction of sp³-hybridized carbons (Fsp3) is 0.381. The van der Waals surface area contributed by atoms with Gasteiger partial charge in [0.1, 0.15) is 5.75 Å². The molecule has 1 fully saturated rings. The predicted octanol–water partition coefficient (Wildman–Crippen LogP) is 3.06. The van der Waals surface area contributed by atoms with Crippen molar-refractivity contribution in [1.82, 2.24) is 4.90 Å². The van der Waals surface area contributed by atoms with E-state index < -0.39 is 10.0 Å². The average molecular weight is 451 g/mol. The van der Waals surface area contributed by atoms with Crippen molar-refractivity contribution in [2.45, 2.75) is 23.6 Å². The first-order chi connectivity index (χ1) is 14.3. The summed E-state index contributed by atoms with van der Waals surface area (Å²) >= 11 is 1.55. The molecule has 1 aliphatic rings. The van der Waals surface area contributed by atoms with Crippen LogP contribution in [-0.4, -0.2) is 58.4 Å². The van der Waals surface area contributed by atoms with Gasteiger partial charge in [-0.25, -0.2) is 8.42 Å². The van der Waals surface area contributed by atoms with Crippen LogP contribution < -0.4 is 9.46 Å². The molecule has 2 aromatic carbocycles. The molecule has 9 heteroatoms. The molecule has 30 heavy (non-hydrogen) atoms. The van der Waals surface area contributed by atoms with Crippen LogP contribution in [-0.2, 0) is 19.6 Å². The maximum absolute atomic E-state index is 12.7. The van der Waals surface area contributed by atoms with E-state index in [-0.39, 0.29) is 17.4 Å². The van der Waals surface area contributed by atoms with Crippen LogP contribution in [0.25, 0.3) is 0 Å². The van der Waals surface area contributed by atoms with Crippen LogP contribution in [0.2, 0.25) is 0 Å². The maximum Gasteiger partial charge on any atom is 0.261 e. The van der Waals surface area contributed by atoms with E-state index in [1.165, 1.54) is 0 Å². The molecule has 1 saturated heterocycles. The Bertz CT molecular complexity index is 978. The highest BCUT2D eigenvalue weighted by Crippen LogP contribution is 2.29. The minimum atomic E-state index is -3.70. The first kappa shape index (κ1) is 22.5. The van der Waals surface area contributed by atoms with Crippen LogP contribution in [0.3, 0.4) is 0 Å². The highest BCUT2D eigenvalue weighted by Gasteiger charge is 2.19. The lowest BCUT2D eigenvalue weighted by Crippen LogP contribution is -2.43. The van der Waals surface area contributed by atoms with Gasteiger partial charge in [0.15, 0.2) is 6.61 Å². The first-order valence-electron chi connectivity index (χ1n) is 9.56. The Morgan fingerprint density at radius 3 is 2.30 bits per heavy atom. The molecule has 0 spiro atoms. The van der Waals surface area contributed by atoms with E-state index in [9.17, 15) is 13.2 Å². The minimum Gasteiger partial charge on any atom is -0.483 e. The van der Waals surface area contributed by atoms with Gasteiger partial charge in [-0.1, -0.05) is 0 Å². The highest BCUT2D eigenvalue weighted by atomic mass is 32.2. The number of nitrogens with one attached hydrogen (secondary N) is 1. The number of anilines is 1. The summed E-state index contributed by atoms with van der Waals surface area (Å²) in [5, 5.41) is 0. The quantitative estimate of drug-likeness (QED) is 0.653. The summed E-state index contributed by atoms with van der Waals surface area (Å²) in [6.07, 6.45) is 1.94. The third kappa shape index (κ3) is 5.47. The van der Waals surface area contributed by atoms with Crippen molar-refractivity contribution in [1.29, 1.82) is 0 Å². The summed E-state index contributed by atoms with van der Waals surface area (Å²) in [6, 6.07) is 10.1. The molecule has 162 valence electrons. The standard InChI is InChI=1S/C21H26N2O5S2/c1-15-12-17(22-30(25,26)19-6-4-18(29-3)5-7-19)13-16(2)21(15)28-14-20(24)23-8-10-27-11-9-23/h4-7,12-13,22H,8-11,14H2,1-3H3. The number of hydrogen-bond donors (Lipinski definition) is 1. The summed E-state index contributed by atoms with van der Waals surface area (Å²) in [5.41, 5.74) is 1.95. The van der Waals surface area contributed by atoms with Crippen molar-refractivity contribution in [2.24, 2.45) is 0 Å². The predicted molar refractivity (Wildman–Crippen MR) is 118 cm³/mol. The zero-order chi connectivity index (χ0) is 21.7. The number of ether oxygens (including phenoxy) is 2. The smallest absolute Gasteiger partial charge is 0.261 e. The van der Waals surface area contributed by atoms with Gasteiger partial charge in [-0.3, -0.25) is 9.52 Å². The lowest BCUT2D eigenvalue weighted by Gasteiger charge is -2.27. The largest absolute Gasteiger partial charge is 0.483 e. The van der Waals surface area contributed by atoms with E-state index in [0.717, 1.165) is 16.0 Å². The molecule has 0 radical (unpaired) electrons. The Balaban J connectivity index is 1.69. The first-order valence-corrected chi connectivity index (χ1v) is 12.3. The molecule has 3 rings (SSSR count). The summed E-state index contributed by atoms with van der Waals surface area (Å²) in [7, 11) is -3.70. The molecule has 0 unspecified atom stereocenters. The molecule has 1 amide bonds. The van der Waals surface area contributed by atoms with Gasteiger partial charge in [-0.15, -0.1) is 11.8 Å².